The molecule has 0 aromatic rings. The lowest BCUT2D eigenvalue weighted by atomic mass is 9.92. The van der Waals surface area contributed by atoms with Gasteiger partial charge in [-0.05, 0) is 25.7 Å². The van der Waals surface area contributed by atoms with E-state index in [0.29, 0.717) is 13.0 Å². The van der Waals surface area contributed by atoms with E-state index in [1.807, 2.05) is 4.90 Å². The molecule has 2 aliphatic rings. The van der Waals surface area contributed by atoms with Gasteiger partial charge in [0.1, 0.15) is 0 Å². The van der Waals surface area contributed by atoms with E-state index in [-0.39, 0.29) is 18.1 Å². The molecule has 1 saturated heterocycles. The third-order valence-corrected chi connectivity index (χ3v) is 3.93. The van der Waals surface area contributed by atoms with Crippen molar-refractivity contribution in [2.24, 2.45) is 0 Å². The topological polar surface area (TPSA) is 52.6 Å². The number of aliphatic hydroxyl groups excluding tert-OH is 1. The molecule has 1 aliphatic carbocycles. The lowest BCUT2D eigenvalue weighted by Crippen LogP contribution is -2.43. The maximum Gasteiger partial charge on any atom is 0.223 e. The van der Waals surface area contributed by atoms with Gasteiger partial charge >= 0.3 is 0 Å². The van der Waals surface area contributed by atoms with Crippen LogP contribution in [0.5, 0.6) is 0 Å². The first kappa shape index (κ1) is 12.8. The highest BCUT2D eigenvalue weighted by molar-refractivity contribution is 5.76. The van der Waals surface area contributed by atoms with Crippen LogP contribution in [0.2, 0.25) is 0 Å². The van der Waals surface area contributed by atoms with Crippen molar-refractivity contribution in [1.29, 1.82) is 0 Å². The van der Waals surface area contributed by atoms with Crippen LogP contribution in [0.3, 0.4) is 0 Å². The molecule has 98 valence electrons. The minimum absolute atomic E-state index is 0.204. The third kappa shape index (κ3) is 3.68. The lowest BCUT2D eigenvalue weighted by Gasteiger charge is -2.28. The van der Waals surface area contributed by atoms with E-state index in [0.717, 1.165) is 45.2 Å². The van der Waals surface area contributed by atoms with Crippen molar-refractivity contribution in [2.45, 2.75) is 57.1 Å². The number of amides is 1. The number of rotatable bonds is 4. The molecule has 1 saturated carbocycles. The average molecular weight is 240 g/mol. The smallest absolute Gasteiger partial charge is 0.223 e. The number of likely N-dealkylation sites (tertiary alicyclic amines) is 1. The summed E-state index contributed by atoms with van der Waals surface area (Å²) in [6.45, 7) is 2.58. The van der Waals surface area contributed by atoms with E-state index in [4.69, 9.17) is 0 Å². The second kappa shape index (κ2) is 6.36. The van der Waals surface area contributed by atoms with Crippen LogP contribution in [0.1, 0.15) is 44.9 Å². The predicted molar refractivity (Wildman–Crippen MR) is 66.7 cm³/mol. The Morgan fingerprint density at radius 3 is 2.59 bits per heavy atom. The Hall–Kier alpha value is -0.610. The first-order valence-electron chi connectivity index (χ1n) is 6.96. The molecule has 1 amide bonds. The van der Waals surface area contributed by atoms with Gasteiger partial charge in [-0.25, -0.2) is 0 Å². The molecule has 17 heavy (non-hydrogen) atoms. The van der Waals surface area contributed by atoms with Gasteiger partial charge in [-0.1, -0.05) is 12.8 Å². The van der Waals surface area contributed by atoms with Gasteiger partial charge in [-0.2, -0.15) is 0 Å². The van der Waals surface area contributed by atoms with Crippen molar-refractivity contribution in [3.8, 4) is 0 Å². The highest BCUT2D eigenvalue weighted by atomic mass is 16.3. The van der Waals surface area contributed by atoms with Gasteiger partial charge < -0.3 is 15.3 Å². The zero-order valence-corrected chi connectivity index (χ0v) is 10.5. The number of nitrogens with one attached hydrogen (secondary N) is 1. The number of carbonyl (C=O) groups is 1. The molecule has 0 radical (unpaired) electrons. The monoisotopic (exact) mass is 240 g/mol. The second-order valence-corrected chi connectivity index (χ2v) is 5.25. The summed E-state index contributed by atoms with van der Waals surface area (Å²) in [4.78, 5) is 13.7. The Balaban J connectivity index is 1.63. The van der Waals surface area contributed by atoms with Crippen molar-refractivity contribution < 1.29 is 9.90 Å². The minimum atomic E-state index is -0.217. The van der Waals surface area contributed by atoms with Gasteiger partial charge in [0, 0.05) is 32.1 Å². The van der Waals surface area contributed by atoms with E-state index in [1.54, 1.807) is 0 Å². The molecule has 2 fully saturated rings. The molecule has 2 rings (SSSR count). The fourth-order valence-electron chi connectivity index (χ4n) is 2.84. The van der Waals surface area contributed by atoms with Gasteiger partial charge in [0.2, 0.25) is 5.91 Å². The second-order valence-electron chi connectivity index (χ2n) is 5.25. The van der Waals surface area contributed by atoms with Crippen LogP contribution >= 0.6 is 0 Å². The van der Waals surface area contributed by atoms with Crippen LogP contribution in [0.4, 0.5) is 0 Å². The summed E-state index contributed by atoms with van der Waals surface area (Å²) >= 11 is 0. The maximum atomic E-state index is 11.8. The lowest BCUT2D eigenvalue weighted by molar-refractivity contribution is -0.130. The van der Waals surface area contributed by atoms with Crippen molar-refractivity contribution in [3.63, 3.8) is 0 Å². The summed E-state index contributed by atoms with van der Waals surface area (Å²) in [6, 6.07) is 0.204. The molecular weight excluding hydrogens is 216 g/mol. The van der Waals surface area contributed by atoms with E-state index >= 15 is 0 Å². The van der Waals surface area contributed by atoms with Crippen molar-refractivity contribution >= 4 is 5.91 Å². The Bertz CT molecular complexity index is 252. The first-order chi connectivity index (χ1) is 8.27. The molecule has 1 aliphatic heterocycles. The number of carbonyl (C=O) groups excluding carboxylic acids is 1. The molecule has 0 aromatic carbocycles. The largest absolute Gasteiger partial charge is 0.392 e. The summed E-state index contributed by atoms with van der Waals surface area (Å²) < 4.78 is 0. The molecule has 2 unspecified atom stereocenters. The first-order valence-corrected chi connectivity index (χ1v) is 6.96. The van der Waals surface area contributed by atoms with Crippen molar-refractivity contribution in [1.82, 2.24) is 10.2 Å². The highest BCUT2D eigenvalue weighted by Crippen LogP contribution is 2.18. The molecule has 4 heteroatoms. The van der Waals surface area contributed by atoms with Gasteiger partial charge in [0.15, 0.2) is 0 Å². The van der Waals surface area contributed by atoms with E-state index in [2.05, 4.69) is 5.32 Å². The summed E-state index contributed by atoms with van der Waals surface area (Å²) in [5.41, 5.74) is 0. The number of hydrogen-bond donors (Lipinski definition) is 2. The Morgan fingerprint density at radius 2 is 1.88 bits per heavy atom. The zero-order valence-electron chi connectivity index (χ0n) is 10.5. The SMILES string of the molecule is O=C(CCNC1CCCCC1O)N1CCCC1. The number of hydrogen-bond acceptors (Lipinski definition) is 3. The number of nitrogens with zero attached hydrogens (tertiary/aromatic N) is 1. The predicted octanol–water partition coefficient (Wildman–Crippen LogP) is 0.892. The fourth-order valence-corrected chi connectivity index (χ4v) is 2.84. The number of aliphatic hydroxyl groups is 1. The van der Waals surface area contributed by atoms with Gasteiger partial charge in [0.25, 0.3) is 0 Å². The Kier molecular flexibility index (Phi) is 4.80. The molecule has 0 bridgehead atoms. The van der Waals surface area contributed by atoms with Gasteiger partial charge in [0.05, 0.1) is 6.10 Å². The fraction of sp³-hybridized carbons (Fsp3) is 0.923. The van der Waals surface area contributed by atoms with Crippen LogP contribution in [-0.4, -0.2) is 47.7 Å². The van der Waals surface area contributed by atoms with Crippen molar-refractivity contribution in [3.05, 3.63) is 0 Å². The van der Waals surface area contributed by atoms with E-state index < -0.39 is 0 Å². The molecule has 2 N–H and O–H groups in total. The van der Waals surface area contributed by atoms with E-state index in [1.165, 1.54) is 6.42 Å². The summed E-state index contributed by atoms with van der Waals surface area (Å²) in [5.74, 6) is 0.264. The van der Waals surface area contributed by atoms with Crippen LogP contribution in [0.25, 0.3) is 0 Å². The summed E-state index contributed by atoms with van der Waals surface area (Å²) in [6.07, 6.45) is 6.92. The maximum absolute atomic E-state index is 11.8. The van der Waals surface area contributed by atoms with Gasteiger partial charge in [-0.3, -0.25) is 4.79 Å². The normalized spacial score (nSPS) is 29.6. The molecule has 0 aromatic heterocycles. The third-order valence-electron chi connectivity index (χ3n) is 3.93. The van der Waals surface area contributed by atoms with Gasteiger partial charge in [-0.15, -0.1) is 0 Å². The molecule has 1 heterocycles. The zero-order chi connectivity index (χ0) is 12.1. The van der Waals surface area contributed by atoms with Crippen LogP contribution in [0.15, 0.2) is 0 Å². The highest BCUT2D eigenvalue weighted by Gasteiger charge is 2.23. The standard InChI is InChI=1S/C13H24N2O2/c16-12-6-2-1-5-11(12)14-8-7-13(17)15-9-3-4-10-15/h11-12,14,16H,1-10H2. The summed E-state index contributed by atoms with van der Waals surface area (Å²) in [5, 5.41) is 13.1. The van der Waals surface area contributed by atoms with Crippen LogP contribution < -0.4 is 5.32 Å². The van der Waals surface area contributed by atoms with Crippen molar-refractivity contribution in [2.75, 3.05) is 19.6 Å². The minimum Gasteiger partial charge on any atom is -0.392 e. The molecule has 0 spiro atoms. The molecule has 4 nitrogen and oxygen atoms in total. The van der Waals surface area contributed by atoms with Crippen LogP contribution in [0, 0.1) is 0 Å². The Labute approximate surface area is 103 Å². The molecular formula is C13H24N2O2. The summed E-state index contributed by atoms with van der Waals surface area (Å²) in [7, 11) is 0. The van der Waals surface area contributed by atoms with E-state index in [9.17, 15) is 9.90 Å². The Morgan fingerprint density at radius 1 is 1.18 bits per heavy atom. The molecule has 2 atom stereocenters. The van der Waals surface area contributed by atoms with Crippen LogP contribution in [-0.2, 0) is 4.79 Å². The quantitative estimate of drug-likeness (QED) is 0.767. The average Bonchev–Trinajstić information content (AvgIpc) is 2.85.